The summed E-state index contributed by atoms with van der Waals surface area (Å²) in [7, 11) is 0. The zero-order valence-electron chi connectivity index (χ0n) is 15.4. The Balaban J connectivity index is 2.26. The number of fused-ring (bicyclic) bond motifs is 1. The van der Waals surface area contributed by atoms with Crippen molar-refractivity contribution in [2.45, 2.75) is 83.2 Å². The number of allylic oxidation sites excluding steroid dienone is 4. The van der Waals surface area contributed by atoms with Crippen molar-refractivity contribution in [1.82, 2.24) is 0 Å². The van der Waals surface area contributed by atoms with Crippen molar-refractivity contribution in [3.8, 4) is 0 Å². The number of aliphatic hydroxyl groups is 3. The van der Waals surface area contributed by atoms with Gasteiger partial charge in [0.25, 0.3) is 0 Å². The first-order chi connectivity index (χ1) is 11.2. The molecule has 1 fully saturated rings. The molecule has 0 amide bonds. The Bertz CT molecular complexity index is 544. The van der Waals surface area contributed by atoms with Crippen LogP contribution in [-0.4, -0.2) is 45.3 Å². The third kappa shape index (κ3) is 4.79. The second kappa shape index (κ2) is 7.52. The van der Waals surface area contributed by atoms with E-state index in [-0.39, 0.29) is 12.2 Å². The molecule has 0 aromatic carbocycles. The summed E-state index contributed by atoms with van der Waals surface area (Å²) in [5, 5.41) is 30.4. The van der Waals surface area contributed by atoms with Gasteiger partial charge in [0, 0.05) is 6.42 Å². The van der Waals surface area contributed by atoms with Crippen LogP contribution < -0.4 is 0 Å². The second-order valence-corrected chi connectivity index (χ2v) is 7.80. The standard InChI is InChI=1S/C20H32O4/c1-14-7-9-16(19(3,23)13-21)12-17(22)15(2)6-5-11-20(4)18(24-20)10-8-14/h6-7,9,17-18,21-23H,5,8,10-13H2,1-4H3/b14-7+,15-6+,16-9+/t17-,18?,19-,20?/m0/s1. The molecule has 0 aromatic heterocycles. The van der Waals surface area contributed by atoms with Crippen molar-refractivity contribution in [2.75, 3.05) is 6.61 Å². The molecule has 1 heterocycles. The van der Waals surface area contributed by atoms with Gasteiger partial charge in [0.15, 0.2) is 0 Å². The minimum atomic E-state index is -1.33. The molecule has 0 radical (unpaired) electrons. The summed E-state index contributed by atoms with van der Waals surface area (Å²) in [6.45, 7) is 7.36. The van der Waals surface area contributed by atoms with Crippen LogP contribution in [0.25, 0.3) is 0 Å². The van der Waals surface area contributed by atoms with Crippen LogP contribution in [-0.2, 0) is 4.74 Å². The van der Waals surface area contributed by atoms with Crippen molar-refractivity contribution >= 4 is 0 Å². The molecule has 2 aliphatic rings. The fourth-order valence-corrected chi connectivity index (χ4v) is 3.22. The molecule has 0 bridgehead atoms. The van der Waals surface area contributed by atoms with Crippen molar-refractivity contribution in [2.24, 2.45) is 0 Å². The maximum atomic E-state index is 10.5. The predicted molar refractivity (Wildman–Crippen MR) is 95.7 cm³/mol. The molecule has 2 rings (SSSR count). The lowest BCUT2D eigenvalue weighted by atomic mass is 9.88. The van der Waals surface area contributed by atoms with Gasteiger partial charge in [0.2, 0.25) is 0 Å². The first-order valence-corrected chi connectivity index (χ1v) is 8.90. The highest BCUT2D eigenvalue weighted by atomic mass is 16.6. The van der Waals surface area contributed by atoms with Crippen molar-refractivity contribution < 1.29 is 20.1 Å². The normalized spacial score (nSPS) is 41.4. The van der Waals surface area contributed by atoms with E-state index in [0.717, 1.165) is 31.3 Å². The number of hydrogen-bond donors (Lipinski definition) is 3. The van der Waals surface area contributed by atoms with E-state index in [1.807, 2.05) is 19.1 Å². The minimum absolute atomic E-state index is 0.0202. The Kier molecular flexibility index (Phi) is 6.08. The smallest absolute Gasteiger partial charge is 0.106 e. The summed E-state index contributed by atoms with van der Waals surface area (Å²) >= 11 is 0. The SMILES string of the molecule is C/C1=C\C=C(\[C@@](C)(O)CO)C[C@H](O)/C(C)=C/CCC2(C)OC2CC1. The fourth-order valence-electron chi connectivity index (χ4n) is 3.22. The van der Waals surface area contributed by atoms with E-state index in [1.165, 1.54) is 5.57 Å². The maximum absolute atomic E-state index is 10.5. The Morgan fingerprint density at radius 2 is 2.04 bits per heavy atom. The fraction of sp³-hybridized carbons (Fsp3) is 0.700. The number of ether oxygens (including phenoxy) is 1. The third-order valence-corrected chi connectivity index (χ3v) is 5.45. The van der Waals surface area contributed by atoms with Gasteiger partial charge in [0.1, 0.15) is 5.60 Å². The van der Waals surface area contributed by atoms with Gasteiger partial charge < -0.3 is 20.1 Å². The van der Waals surface area contributed by atoms with Gasteiger partial charge >= 0.3 is 0 Å². The zero-order chi connectivity index (χ0) is 18.0. The average molecular weight is 336 g/mol. The predicted octanol–water partition coefficient (Wildman–Crippen LogP) is 3.03. The Morgan fingerprint density at radius 3 is 2.71 bits per heavy atom. The lowest BCUT2D eigenvalue weighted by Crippen LogP contribution is -2.33. The van der Waals surface area contributed by atoms with Gasteiger partial charge in [-0.25, -0.2) is 0 Å². The topological polar surface area (TPSA) is 73.2 Å². The van der Waals surface area contributed by atoms with Gasteiger partial charge in [-0.1, -0.05) is 23.8 Å². The third-order valence-electron chi connectivity index (χ3n) is 5.45. The van der Waals surface area contributed by atoms with E-state index in [4.69, 9.17) is 4.74 Å². The Labute approximate surface area is 145 Å². The zero-order valence-corrected chi connectivity index (χ0v) is 15.4. The van der Waals surface area contributed by atoms with Crippen LogP contribution in [0.2, 0.25) is 0 Å². The lowest BCUT2D eigenvalue weighted by molar-refractivity contribution is 0.0263. The van der Waals surface area contributed by atoms with Crippen LogP contribution in [0.3, 0.4) is 0 Å². The van der Waals surface area contributed by atoms with Crippen LogP contribution in [0.5, 0.6) is 0 Å². The van der Waals surface area contributed by atoms with E-state index in [9.17, 15) is 15.3 Å². The van der Waals surface area contributed by atoms with Gasteiger partial charge in [-0.2, -0.15) is 0 Å². The van der Waals surface area contributed by atoms with E-state index >= 15 is 0 Å². The molecule has 0 spiro atoms. The first-order valence-electron chi connectivity index (χ1n) is 8.90. The van der Waals surface area contributed by atoms with E-state index < -0.39 is 11.7 Å². The highest BCUT2D eigenvalue weighted by Crippen LogP contribution is 2.43. The van der Waals surface area contributed by atoms with Gasteiger partial charge in [-0.05, 0) is 64.5 Å². The van der Waals surface area contributed by atoms with Crippen LogP contribution in [0.4, 0.5) is 0 Å². The molecule has 24 heavy (non-hydrogen) atoms. The summed E-state index contributed by atoms with van der Waals surface area (Å²) in [4.78, 5) is 0. The summed E-state index contributed by atoms with van der Waals surface area (Å²) in [6, 6.07) is 0. The molecule has 2 unspecified atom stereocenters. The number of aliphatic hydroxyl groups excluding tert-OH is 2. The van der Waals surface area contributed by atoms with Crippen LogP contribution in [0.1, 0.15) is 59.8 Å². The van der Waals surface area contributed by atoms with Crippen molar-refractivity contribution in [1.29, 1.82) is 0 Å². The molecule has 4 atom stereocenters. The van der Waals surface area contributed by atoms with Crippen LogP contribution in [0.15, 0.2) is 34.9 Å². The molecule has 1 saturated heterocycles. The molecule has 136 valence electrons. The first kappa shape index (κ1) is 19.4. The van der Waals surface area contributed by atoms with Crippen molar-refractivity contribution in [3.63, 3.8) is 0 Å². The summed E-state index contributed by atoms with van der Waals surface area (Å²) < 4.78 is 5.88. The molecule has 0 saturated carbocycles. The molecule has 4 nitrogen and oxygen atoms in total. The summed E-state index contributed by atoms with van der Waals surface area (Å²) in [5.74, 6) is 0. The maximum Gasteiger partial charge on any atom is 0.106 e. The Morgan fingerprint density at radius 1 is 1.33 bits per heavy atom. The average Bonchev–Trinajstić information content (AvgIpc) is 3.18. The van der Waals surface area contributed by atoms with Crippen LogP contribution >= 0.6 is 0 Å². The molecule has 4 heteroatoms. The molecular weight excluding hydrogens is 304 g/mol. The molecule has 1 aliphatic carbocycles. The summed E-state index contributed by atoms with van der Waals surface area (Å²) in [5.41, 5.74) is 1.40. The van der Waals surface area contributed by atoms with Gasteiger partial charge in [-0.3, -0.25) is 0 Å². The minimum Gasteiger partial charge on any atom is -0.393 e. The van der Waals surface area contributed by atoms with Gasteiger partial charge in [-0.15, -0.1) is 0 Å². The lowest BCUT2D eigenvalue weighted by Gasteiger charge is -2.26. The summed E-state index contributed by atoms with van der Waals surface area (Å²) in [6.07, 6.45) is 9.65. The van der Waals surface area contributed by atoms with Crippen molar-refractivity contribution in [3.05, 3.63) is 34.9 Å². The van der Waals surface area contributed by atoms with Gasteiger partial charge in [0.05, 0.1) is 24.4 Å². The quantitative estimate of drug-likeness (QED) is 0.535. The number of epoxide rings is 1. The number of hydrogen-bond acceptors (Lipinski definition) is 4. The molecule has 3 N–H and O–H groups in total. The highest BCUT2D eigenvalue weighted by Gasteiger charge is 2.50. The highest BCUT2D eigenvalue weighted by molar-refractivity contribution is 5.26. The van der Waals surface area contributed by atoms with E-state index in [0.29, 0.717) is 18.1 Å². The Hall–Kier alpha value is -0.940. The molecular formula is C20H32O4. The molecule has 1 aliphatic heterocycles. The number of rotatable bonds is 2. The monoisotopic (exact) mass is 336 g/mol. The van der Waals surface area contributed by atoms with E-state index in [1.54, 1.807) is 6.92 Å². The van der Waals surface area contributed by atoms with Crippen LogP contribution in [0, 0.1) is 0 Å². The second-order valence-electron chi connectivity index (χ2n) is 7.80. The van der Waals surface area contributed by atoms with E-state index in [2.05, 4.69) is 19.9 Å². The largest absolute Gasteiger partial charge is 0.393 e. The molecule has 0 aromatic rings.